The zero-order chi connectivity index (χ0) is 22.7. The second-order valence-electron chi connectivity index (χ2n) is 8.79. The van der Waals surface area contributed by atoms with Crippen LogP contribution in [-0.4, -0.2) is 48.8 Å². The zero-order valence-electron chi connectivity index (χ0n) is 18.6. The molecule has 1 saturated carbocycles. The van der Waals surface area contributed by atoms with Crippen LogP contribution in [0.15, 0.2) is 42.5 Å². The van der Waals surface area contributed by atoms with Crippen LogP contribution in [0.25, 0.3) is 0 Å². The normalized spacial score (nSPS) is 25.6. The molecule has 3 atom stereocenters. The molecule has 0 spiro atoms. The van der Waals surface area contributed by atoms with Crippen LogP contribution in [0.4, 0.5) is 5.69 Å². The number of benzene rings is 2. The van der Waals surface area contributed by atoms with E-state index in [1.807, 2.05) is 18.2 Å². The van der Waals surface area contributed by atoms with E-state index in [0.717, 1.165) is 31.2 Å². The Morgan fingerprint density at radius 2 is 1.88 bits per heavy atom. The molecule has 1 aliphatic heterocycles. The third-order valence-electron chi connectivity index (χ3n) is 6.90. The van der Waals surface area contributed by atoms with Crippen molar-refractivity contribution in [3.63, 3.8) is 0 Å². The van der Waals surface area contributed by atoms with Crippen molar-refractivity contribution in [2.24, 2.45) is 5.92 Å². The van der Waals surface area contributed by atoms with Crippen molar-refractivity contribution >= 4 is 23.2 Å². The van der Waals surface area contributed by atoms with Gasteiger partial charge in [-0.2, -0.15) is 0 Å². The Morgan fingerprint density at radius 3 is 2.59 bits per heavy atom. The summed E-state index contributed by atoms with van der Waals surface area (Å²) in [5, 5.41) is 15.1. The smallest absolute Gasteiger partial charge is 0.238 e. The third-order valence-corrected chi connectivity index (χ3v) is 7.15. The van der Waals surface area contributed by atoms with Gasteiger partial charge in [0.2, 0.25) is 5.91 Å². The maximum Gasteiger partial charge on any atom is 0.238 e. The Bertz CT molecular complexity index is 951. The number of nitrogens with one attached hydrogen (secondary N) is 1. The number of ether oxygens (including phenoxy) is 2. The molecule has 0 bridgehead atoms. The lowest BCUT2D eigenvalue weighted by Crippen LogP contribution is -2.56. The first-order valence-electron chi connectivity index (χ1n) is 11.2. The van der Waals surface area contributed by atoms with Crippen molar-refractivity contribution in [3.05, 3.63) is 53.1 Å². The van der Waals surface area contributed by atoms with Gasteiger partial charge in [-0.3, -0.25) is 9.69 Å². The molecular weight excluding hydrogens is 428 g/mol. The first-order chi connectivity index (χ1) is 15.4. The number of fused-ring (bicyclic) bond motifs is 1. The molecule has 4 rings (SSSR count). The topological polar surface area (TPSA) is 71.0 Å². The zero-order valence-corrected chi connectivity index (χ0v) is 19.4. The number of anilines is 1. The van der Waals surface area contributed by atoms with Crippen LogP contribution in [-0.2, 0) is 4.79 Å². The van der Waals surface area contributed by atoms with E-state index in [2.05, 4.69) is 10.2 Å². The number of rotatable bonds is 6. The third kappa shape index (κ3) is 4.72. The molecule has 0 aromatic heterocycles. The summed E-state index contributed by atoms with van der Waals surface area (Å²) in [5.41, 5.74) is 1.05. The van der Waals surface area contributed by atoms with Gasteiger partial charge in [-0.1, -0.05) is 30.5 Å². The number of hydrogen-bond donors (Lipinski definition) is 2. The summed E-state index contributed by atoms with van der Waals surface area (Å²) < 4.78 is 10.9. The lowest BCUT2D eigenvalue weighted by atomic mass is 9.66. The van der Waals surface area contributed by atoms with E-state index in [9.17, 15) is 9.90 Å². The number of methoxy groups -OCH3 is 2. The van der Waals surface area contributed by atoms with Gasteiger partial charge < -0.3 is 19.9 Å². The van der Waals surface area contributed by atoms with Crippen LogP contribution >= 0.6 is 11.6 Å². The number of amides is 1. The molecule has 2 fully saturated rings. The SMILES string of the molecule is COc1ccc([C@@H]2[C@H]3CCCC[C@@]3(O)CCN2CC(=O)Nc2ccc(Cl)cc2)cc1OC. The predicted octanol–water partition coefficient (Wildman–Crippen LogP) is 4.66. The Labute approximate surface area is 194 Å². The summed E-state index contributed by atoms with van der Waals surface area (Å²) in [4.78, 5) is 15.1. The largest absolute Gasteiger partial charge is 0.493 e. The van der Waals surface area contributed by atoms with Crippen molar-refractivity contribution < 1.29 is 19.4 Å². The van der Waals surface area contributed by atoms with E-state index < -0.39 is 5.60 Å². The van der Waals surface area contributed by atoms with E-state index in [1.165, 1.54) is 0 Å². The lowest BCUT2D eigenvalue weighted by Gasteiger charge is -2.52. The van der Waals surface area contributed by atoms with Gasteiger partial charge in [0.15, 0.2) is 11.5 Å². The first-order valence-corrected chi connectivity index (χ1v) is 11.5. The summed E-state index contributed by atoms with van der Waals surface area (Å²) >= 11 is 5.95. The molecule has 7 heteroatoms. The Kier molecular flexibility index (Phi) is 6.93. The minimum Gasteiger partial charge on any atom is -0.493 e. The number of carbonyl (C=O) groups is 1. The van der Waals surface area contributed by atoms with Crippen molar-refractivity contribution in [2.75, 3.05) is 32.6 Å². The number of hydrogen-bond acceptors (Lipinski definition) is 5. The van der Waals surface area contributed by atoms with Gasteiger partial charge in [0.25, 0.3) is 0 Å². The van der Waals surface area contributed by atoms with Crippen molar-refractivity contribution in [1.82, 2.24) is 4.90 Å². The predicted molar refractivity (Wildman–Crippen MR) is 125 cm³/mol. The Balaban J connectivity index is 1.61. The van der Waals surface area contributed by atoms with E-state index >= 15 is 0 Å². The minimum absolute atomic E-state index is 0.0615. The molecule has 0 unspecified atom stereocenters. The number of aliphatic hydroxyl groups is 1. The fourth-order valence-corrected chi connectivity index (χ4v) is 5.44. The second kappa shape index (κ2) is 9.69. The second-order valence-corrected chi connectivity index (χ2v) is 9.23. The summed E-state index contributed by atoms with van der Waals surface area (Å²) in [6.45, 7) is 0.897. The number of piperidine rings is 1. The van der Waals surface area contributed by atoms with Gasteiger partial charge in [-0.05, 0) is 61.2 Å². The first kappa shape index (κ1) is 22.9. The van der Waals surface area contributed by atoms with E-state index in [0.29, 0.717) is 35.2 Å². The highest BCUT2D eigenvalue weighted by atomic mass is 35.5. The maximum atomic E-state index is 12.9. The molecule has 1 aliphatic carbocycles. The fraction of sp³-hybridized carbons (Fsp3) is 0.480. The molecule has 2 aromatic rings. The van der Waals surface area contributed by atoms with Crippen molar-refractivity contribution in [2.45, 2.75) is 43.7 Å². The highest BCUT2D eigenvalue weighted by Gasteiger charge is 2.49. The van der Waals surface area contributed by atoms with Gasteiger partial charge in [0, 0.05) is 29.2 Å². The summed E-state index contributed by atoms with van der Waals surface area (Å²) in [5.74, 6) is 1.30. The molecule has 6 nitrogen and oxygen atoms in total. The molecule has 172 valence electrons. The highest BCUT2D eigenvalue weighted by molar-refractivity contribution is 6.30. The van der Waals surface area contributed by atoms with Crippen LogP contribution in [0.5, 0.6) is 11.5 Å². The molecular formula is C25H31ClN2O4. The molecule has 0 radical (unpaired) electrons. The number of nitrogens with zero attached hydrogens (tertiary/aromatic N) is 1. The lowest BCUT2D eigenvalue weighted by molar-refractivity contribution is -0.135. The summed E-state index contributed by atoms with van der Waals surface area (Å²) in [7, 11) is 3.24. The quantitative estimate of drug-likeness (QED) is 0.658. The summed E-state index contributed by atoms with van der Waals surface area (Å²) in [6, 6.07) is 12.9. The van der Waals surface area contributed by atoms with E-state index in [1.54, 1.807) is 38.5 Å². The van der Waals surface area contributed by atoms with Crippen LogP contribution in [0.2, 0.25) is 5.02 Å². The summed E-state index contributed by atoms with van der Waals surface area (Å²) in [6.07, 6.45) is 4.55. The van der Waals surface area contributed by atoms with Crippen LogP contribution < -0.4 is 14.8 Å². The van der Waals surface area contributed by atoms with Gasteiger partial charge in [0.05, 0.1) is 26.4 Å². The minimum atomic E-state index is -0.695. The average Bonchev–Trinajstić information content (AvgIpc) is 2.80. The van der Waals surface area contributed by atoms with Crippen molar-refractivity contribution in [3.8, 4) is 11.5 Å². The van der Waals surface area contributed by atoms with Gasteiger partial charge in [-0.25, -0.2) is 0 Å². The highest BCUT2D eigenvalue weighted by Crippen LogP contribution is 2.50. The molecule has 2 aromatic carbocycles. The van der Waals surface area contributed by atoms with Crippen LogP contribution in [0, 0.1) is 5.92 Å². The fourth-order valence-electron chi connectivity index (χ4n) is 5.32. The van der Waals surface area contributed by atoms with Crippen LogP contribution in [0.3, 0.4) is 0 Å². The van der Waals surface area contributed by atoms with Crippen molar-refractivity contribution in [1.29, 1.82) is 0 Å². The molecule has 2 aliphatic rings. The molecule has 2 N–H and O–H groups in total. The van der Waals surface area contributed by atoms with Gasteiger partial charge in [-0.15, -0.1) is 0 Å². The van der Waals surface area contributed by atoms with Gasteiger partial charge >= 0.3 is 0 Å². The molecule has 1 heterocycles. The molecule has 1 amide bonds. The van der Waals surface area contributed by atoms with E-state index in [4.69, 9.17) is 21.1 Å². The standard InChI is InChI=1S/C25H31ClN2O4/c1-31-21-11-6-17(15-22(21)32-2)24-20-5-3-4-12-25(20,30)13-14-28(24)16-23(29)27-19-9-7-18(26)8-10-19/h6-11,15,20,24,30H,3-5,12-14,16H2,1-2H3,(H,27,29)/t20-,24-,25-/m1/s1. The van der Waals surface area contributed by atoms with E-state index in [-0.39, 0.29) is 24.4 Å². The molecule has 1 saturated heterocycles. The number of halogens is 1. The average molecular weight is 459 g/mol. The maximum absolute atomic E-state index is 12.9. The molecule has 32 heavy (non-hydrogen) atoms. The Hall–Kier alpha value is -2.28. The number of carbonyl (C=O) groups excluding carboxylic acids is 1. The van der Waals surface area contributed by atoms with Gasteiger partial charge in [0.1, 0.15) is 0 Å². The Morgan fingerprint density at radius 1 is 1.12 bits per heavy atom. The van der Waals surface area contributed by atoms with Crippen LogP contribution in [0.1, 0.15) is 43.7 Å². The monoisotopic (exact) mass is 458 g/mol. The number of likely N-dealkylation sites (tertiary alicyclic amines) is 1.